The van der Waals surface area contributed by atoms with Gasteiger partial charge in [0.2, 0.25) is 0 Å². The van der Waals surface area contributed by atoms with Crippen molar-refractivity contribution < 1.29 is 13.7 Å². The van der Waals surface area contributed by atoms with Crippen LogP contribution in [0.3, 0.4) is 0 Å². The molecule has 1 N–H and O–H groups in total. The van der Waals surface area contributed by atoms with Crippen LogP contribution in [0.1, 0.15) is 5.76 Å². The van der Waals surface area contributed by atoms with Gasteiger partial charge in [-0.05, 0) is 12.2 Å². The summed E-state index contributed by atoms with van der Waals surface area (Å²) in [5, 5.41) is 10.0. The van der Waals surface area contributed by atoms with Gasteiger partial charge in [-0.15, -0.1) is 5.10 Å². The fourth-order valence-electron chi connectivity index (χ4n) is 0.963. The van der Waals surface area contributed by atoms with E-state index in [4.69, 9.17) is 25.9 Å². The van der Waals surface area contributed by atoms with Gasteiger partial charge >= 0.3 is 0 Å². The van der Waals surface area contributed by atoms with E-state index in [2.05, 4.69) is 15.4 Å². The minimum Gasteiger partial charge on any atom is -0.408 e. The summed E-state index contributed by atoms with van der Waals surface area (Å²) < 4.78 is 14.9. The summed E-state index contributed by atoms with van der Waals surface area (Å²) in [6.07, 6.45) is 0. The van der Waals surface area contributed by atoms with Gasteiger partial charge in [0.05, 0.1) is 0 Å². The fourth-order valence-corrected chi connectivity index (χ4v) is 1.09. The number of ether oxygens (including phenoxy) is 1. The first-order valence-electron chi connectivity index (χ1n) is 3.80. The summed E-state index contributed by atoms with van der Waals surface area (Å²) in [5.74, 6) is 0.910. The molecule has 0 spiro atoms. The molecule has 7 heteroatoms. The van der Waals surface area contributed by atoms with Gasteiger partial charge < -0.3 is 13.7 Å². The van der Waals surface area contributed by atoms with Crippen LogP contribution < -0.4 is 0 Å². The van der Waals surface area contributed by atoms with Gasteiger partial charge in [0.1, 0.15) is 6.61 Å². The quantitative estimate of drug-likeness (QED) is 0.779. The zero-order valence-electron chi connectivity index (χ0n) is 7.31. The second-order valence-corrected chi connectivity index (χ2v) is 2.90. The first kappa shape index (κ1) is 9.10. The topological polar surface area (TPSA) is 77.1 Å². The van der Waals surface area contributed by atoms with E-state index < -0.39 is 0 Å². The SMILES string of the molecule is COCc1cc(-c2n[nH]c(=S)o2)no1. The lowest BCUT2D eigenvalue weighted by molar-refractivity contribution is 0.156. The third-order valence-corrected chi connectivity index (χ3v) is 1.68. The highest BCUT2D eigenvalue weighted by Crippen LogP contribution is 2.16. The van der Waals surface area contributed by atoms with E-state index in [-0.39, 0.29) is 4.84 Å². The largest absolute Gasteiger partial charge is 0.408 e. The average molecular weight is 213 g/mol. The molecule has 0 aromatic carbocycles. The second kappa shape index (κ2) is 3.72. The minimum absolute atomic E-state index is 0.205. The summed E-state index contributed by atoms with van der Waals surface area (Å²) >= 11 is 4.72. The summed E-state index contributed by atoms with van der Waals surface area (Å²) in [5.41, 5.74) is 0.490. The van der Waals surface area contributed by atoms with Crippen molar-refractivity contribution in [2.45, 2.75) is 6.61 Å². The average Bonchev–Trinajstić information content (AvgIpc) is 2.74. The van der Waals surface area contributed by atoms with Gasteiger partial charge in [-0.3, -0.25) is 0 Å². The summed E-state index contributed by atoms with van der Waals surface area (Å²) in [4.78, 5) is 0.205. The fraction of sp³-hybridized carbons (Fsp3) is 0.286. The van der Waals surface area contributed by atoms with Gasteiger partial charge in [-0.25, -0.2) is 5.10 Å². The smallest absolute Gasteiger partial charge is 0.284 e. The highest BCUT2D eigenvalue weighted by Gasteiger charge is 2.10. The Morgan fingerprint density at radius 3 is 3.14 bits per heavy atom. The van der Waals surface area contributed by atoms with Gasteiger partial charge in [0.15, 0.2) is 11.5 Å². The van der Waals surface area contributed by atoms with Crippen molar-refractivity contribution in [3.8, 4) is 11.6 Å². The number of nitrogens with one attached hydrogen (secondary N) is 1. The van der Waals surface area contributed by atoms with Crippen molar-refractivity contribution in [1.29, 1.82) is 0 Å². The number of H-pyrrole nitrogens is 1. The Morgan fingerprint density at radius 2 is 2.50 bits per heavy atom. The predicted molar refractivity (Wildman–Crippen MR) is 47.9 cm³/mol. The molecular weight excluding hydrogens is 206 g/mol. The molecule has 74 valence electrons. The van der Waals surface area contributed by atoms with Crippen molar-refractivity contribution in [3.63, 3.8) is 0 Å². The van der Waals surface area contributed by atoms with Crippen molar-refractivity contribution in [2.75, 3.05) is 7.11 Å². The van der Waals surface area contributed by atoms with Crippen LogP contribution in [0.5, 0.6) is 0 Å². The molecule has 0 radical (unpaired) electrons. The maximum Gasteiger partial charge on any atom is 0.284 e. The number of hydrogen-bond donors (Lipinski definition) is 1. The molecule has 2 aromatic rings. The molecule has 0 saturated heterocycles. The van der Waals surface area contributed by atoms with Gasteiger partial charge in [0, 0.05) is 13.2 Å². The molecule has 0 aliphatic rings. The first-order valence-corrected chi connectivity index (χ1v) is 4.21. The van der Waals surface area contributed by atoms with Crippen LogP contribution in [0.2, 0.25) is 0 Å². The van der Waals surface area contributed by atoms with E-state index in [9.17, 15) is 0 Å². The van der Waals surface area contributed by atoms with Crippen LogP contribution in [0, 0.1) is 4.84 Å². The second-order valence-electron chi connectivity index (χ2n) is 2.53. The molecule has 2 aromatic heterocycles. The Hall–Kier alpha value is -1.47. The molecule has 14 heavy (non-hydrogen) atoms. The molecular formula is C7H7N3O3S. The van der Waals surface area contributed by atoms with Crippen LogP contribution >= 0.6 is 12.2 Å². The maximum atomic E-state index is 5.05. The van der Waals surface area contributed by atoms with Crippen LogP contribution in [0.4, 0.5) is 0 Å². The first-order chi connectivity index (χ1) is 6.79. The van der Waals surface area contributed by atoms with Crippen LogP contribution in [0.15, 0.2) is 15.0 Å². The Bertz CT molecular complexity index is 472. The molecule has 0 amide bonds. The zero-order valence-corrected chi connectivity index (χ0v) is 8.13. The van der Waals surface area contributed by atoms with E-state index >= 15 is 0 Å². The predicted octanol–water partition coefficient (Wildman–Crippen LogP) is 1.53. The van der Waals surface area contributed by atoms with Crippen molar-refractivity contribution in [3.05, 3.63) is 16.7 Å². The molecule has 0 aliphatic heterocycles. The molecule has 0 unspecified atom stereocenters. The third-order valence-electron chi connectivity index (χ3n) is 1.50. The molecule has 0 atom stereocenters. The molecule has 6 nitrogen and oxygen atoms in total. The summed E-state index contributed by atoms with van der Waals surface area (Å²) in [7, 11) is 1.57. The van der Waals surface area contributed by atoms with Crippen LogP contribution in [-0.2, 0) is 11.3 Å². The normalized spacial score (nSPS) is 10.6. The van der Waals surface area contributed by atoms with E-state index in [1.54, 1.807) is 13.2 Å². The third kappa shape index (κ3) is 1.73. The highest BCUT2D eigenvalue weighted by molar-refractivity contribution is 7.71. The number of aromatic amines is 1. The Morgan fingerprint density at radius 1 is 1.64 bits per heavy atom. The van der Waals surface area contributed by atoms with E-state index in [1.807, 2.05) is 0 Å². The number of rotatable bonds is 3. The molecule has 0 saturated carbocycles. The van der Waals surface area contributed by atoms with E-state index in [1.165, 1.54) is 0 Å². The molecule has 0 aliphatic carbocycles. The lowest BCUT2D eigenvalue weighted by Crippen LogP contribution is -1.81. The molecule has 0 fully saturated rings. The minimum atomic E-state index is 0.205. The molecule has 2 rings (SSSR count). The zero-order chi connectivity index (χ0) is 9.97. The standard InChI is InChI=1S/C7H7N3O3S/c1-11-3-4-2-5(10-13-4)6-8-9-7(14)12-6/h2H,3H2,1H3,(H,9,14). The Kier molecular flexibility index (Phi) is 2.42. The van der Waals surface area contributed by atoms with Crippen LogP contribution in [0.25, 0.3) is 11.6 Å². The highest BCUT2D eigenvalue weighted by atomic mass is 32.1. The summed E-state index contributed by atoms with van der Waals surface area (Å²) in [6.45, 7) is 0.359. The number of methoxy groups -OCH3 is 1. The number of aromatic nitrogens is 3. The van der Waals surface area contributed by atoms with Gasteiger partial charge in [-0.2, -0.15) is 0 Å². The lowest BCUT2D eigenvalue weighted by Gasteiger charge is -1.87. The van der Waals surface area contributed by atoms with Crippen molar-refractivity contribution in [2.24, 2.45) is 0 Å². The van der Waals surface area contributed by atoms with Crippen molar-refractivity contribution in [1.82, 2.24) is 15.4 Å². The van der Waals surface area contributed by atoms with Crippen LogP contribution in [-0.4, -0.2) is 22.5 Å². The Labute approximate surface area is 83.9 Å². The lowest BCUT2D eigenvalue weighted by atomic mass is 10.4. The maximum absolute atomic E-state index is 5.05. The van der Waals surface area contributed by atoms with Gasteiger partial charge in [0.25, 0.3) is 10.7 Å². The summed E-state index contributed by atoms with van der Waals surface area (Å²) in [6, 6.07) is 1.68. The Balaban J connectivity index is 2.28. The monoisotopic (exact) mass is 213 g/mol. The molecule has 2 heterocycles. The van der Waals surface area contributed by atoms with E-state index in [0.29, 0.717) is 24.0 Å². The molecule has 0 bridgehead atoms. The number of hydrogen-bond acceptors (Lipinski definition) is 6. The van der Waals surface area contributed by atoms with Gasteiger partial charge in [-0.1, -0.05) is 5.16 Å². The number of nitrogens with zero attached hydrogens (tertiary/aromatic N) is 2. The van der Waals surface area contributed by atoms with E-state index in [0.717, 1.165) is 0 Å². The van der Waals surface area contributed by atoms with Crippen molar-refractivity contribution >= 4 is 12.2 Å².